The first-order valence-corrected chi connectivity index (χ1v) is 13.6. The number of benzene rings is 2. The number of halogens is 1. The first kappa shape index (κ1) is 25.7. The first-order chi connectivity index (χ1) is 18.3. The minimum Gasteiger partial charge on any atom is -0.492 e. The largest absolute Gasteiger partial charge is 0.492 e. The molecular formula is C28H26FN3O5S. The number of pyridine rings is 1. The fraction of sp³-hybridized carbons (Fsp3) is 0.250. The molecule has 0 unspecified atom stereocenters. The van der Waals surface area contributed by atoms with Crippen LogP contribution in [-0.2, 0) is 21.0 Å². The summed E-state index contributed by atoms with van der Waals surface area (Å²) in [5.74, 6) is -0.719. The molecule has 0 amide bonds. The van der Waals surface area contributed by atoms with E-state index in [1.807, 2.05) is 30.3 Å². The van der Waals surface area contributed by atoms with Gasteiger partial charge in [0.05, 0.1) is 23.7 Å². The number of rotatable bonds is 9. The van der Waals surface area contributed by atoms with Gasteiger partial charge in [-0.2, -0.15) is 4.98 Å². The van der Waals surface area contributed by atoms with E-state index in [4.69, 9.17) is 4.74 Å². The molecule has 4 aromatic rings. The third-order valence-corrected chi connectivity index (χ3v) is 8.38. The third kappa shape index (κ3) is 5.09. The van der Waals surface area contributed by atoms with Crippen LogP contribution in [0.4, 0.5) is 4.39 Å². The van der Waals surface area contributed by atoms with Gasteiger partial charge in [0.15, 0.2) is 4.90 Å². The highest BCUT2D eigenvalue weighted by molar-refractivity contribution is 7.91. The second-order valence-electron chi connectivity index (χ2n) is 9.30. The summed E-state index contributed by atoms with van der Waals surface area (Å²) in [7, 11) is -2.96. The normalized spacial score (nSPS) is 14.4. The molecule has 1 aliphatic rings. The Labute approximate surface area is 219 Å². The maximum Gasteiger partial charge on any atom is 0.277 e. The van der Waals surface area contributed by atoms with Gasteiger partial charge in [0.1, 0.15) is 11.6 Å². The second-order valence-corrected chi connectivity index (χ2v) is 11.2. The van der Waals surface area contributed by atoms with Crippen LogP contribution in [0.1, 0.15) is 30.3 Å². The molecular weight excluding hydrogens is 509 g/mol. The molecule has 1 saturated carbocycles. The lowest BCUT2D eigenvalue weighted by Gasteiger charge is -2.24. The van der Waals surface area contributed by atoms with Gasteiger partial charge in [0.25, 0.3) is 5.56 Å². The highest BCUT2D eigenvalue weighted by Gasteiger charge is 2.34. The maximum atomic E-state index is 13.9. The van der Waals surface area contributed by atoms with Crippen LogP contribution in [0.15, 0.2) is 87.6 Å². The van der Waals surface area contributed by atoms with E-state index in [1.165, 1.54) is 48.2 Å². The SMILES string of the molecule is COC[C@@H](c1ccccc1)n1c(CC2CC2)nc(O)c(S(=O)(=O)c2ccc(-c3cncc(F)c3)cc2)c1=O. The van der Waals surface area contributed by atoms with Gasteiger partial charge in [0.2, 0.25) is 15.7 Å². The number of hydrogen-bond donors (Lipinski definition) is 1. The predicted octanol–water partition coefficient (Wildman–Crippen LogP) is 4.17. The summed E-state index contributed by atoms with van der Waals surface area (Å²) in [4.78, 5) is 21.0. The third-order valence-electron chi connectivity index (χ3n) is 6.59. The Hall–Kier alpha value is -3.89. The molecule has 1 fully saturated rings. The van der Waals surface area contributed by atoms with Gasteiger partial charge >= 0.3 is 0 Å². The van der Waals surface area contributed by atoms with E-state index in [-0.39, 0.29) is 11.5 Å². The number of nitrogens with zero attached hydrogens (tertiary/aromatic N) is 3. The molecule has 2 aromatic heterocycles. The van der Waals surface area contributed by atoms with Crippen molar-refractivity contribution < 1.29 is 22.7 Å². The van der Waals surface area contributed by atoms with Crippen LogP contribution in [0.2, 0.25) is 0 Å². The van der Waals surface area contributed by atoms with Crippen molar-refractivity contribution >= 4 is 9.84 Å². The van der Waals surface area contributed by atoms with Crippen molar-refractivity contribution in [2.24, 2.45) is 5.92 Å². The minimum absolute atomic E-state index is 0.101. The lowest BCUT2D eigenvalue weighted by Crippen LogP contribution is -2.35. The summed E-state index contributed by atoms with van der Waals surface area (Å²) in [5.41, 5.74) is 0.894. The molecule has 0 radical (unpaired) electrons. The Balaban J connectivity index is 1.63. The predicted molar refractivity (Wildman–Crippen MR) is 138 cm³/mol. The van der Waals surface area contributed by atoms with Crippen LogP contribution in [0.25, 0.3) is 11.1 Å². The van der Waals surface area contributed by atoms with Crippen LogP contribution >= 0.6 is 0 Å². The molecule has 2 aromatic carbocycles. The van der Waals surface area contributed by atoms with Crippen LogP contribution in [-0.4, -0.2) is 41.8 Å². The summed E-state index contributed by atoms with van der Waals surface area (Å²) in [6.45, 7) is 0.101. The van der Waals surface area contributed by atoms with Crippen LogP contribution in [0.3, 0.4) is 0 Å². The number of aromatic nitrogens is 3. The van der Waals surface area contributed by atoms with E-state index < -0.39 is 38.0 Å². The van der Waals surface area contributed by atoms with E-state index in [9.17, 15) is 22.7 Å². The molecule has 10 heteroatoms. The molecule has 8 nitrogen and oxygen atoms in total. The van der Waals surface area contributed by atoms with Gasteiger partial charge < -0.3 is 9.84 Å². The van der Waals surface area contributed by atoms with Gasteiger partial charge in [-0.05, 0) is 48.1 Å². The average molecular weight is 536 g/mol. The fourth-order valence-corrected chi connectivity index (χ4v) is 5.84. The minimum atomic E-state index is -4.47. The van der Waals surface area contributed by atoms with Crippen molar-refractivity contribution in [3.63, 3.8) is 0 Å². The van der Waals surface area contributed by atoms with E-state index in [0.717, 1.165) is 24.6 Å². The lowest BCUT2D eigenvalue weighted by atomic mass is 10.1. The lowest BCUT2D eigenvalue weighted by molar-refractivity contribution is 0.165. The van der Waals surface area contributed by atoms with Crippen molar-refractivity contribution in [2.75, 3.05) is 13.7 Å². The molecule has 5 rings (SSSR count). The van der Waals surface area contributed by atoms with E-state index in [1.54, 1.807) is 0 Å². The summed E-state index contributed by atoms with van der Waals surface area (Å²) < 4.78 is 47.7. The first-order valence-electron chi connectivity index (χ1n) is 12.1. The Kier molecular flexibility index (Phi) is 7.09. The molecule has 0 saturated heterocycles. The smallest absolute Gasteiger partial charge is 0.277 e. The van der Waals surface area contributed by atoms with E-state index in [2.05, 4.69) is 9.97 Å². The molecule has 1 N–H and O–H groups in total. The van der Waals surface area contributed by atoms with Gasteiger partial charge in [-0.15, -0.1) is 0 Å². The number of methoxy groups -OCH3 is 1. The van der Waals surface area contributed by atoms with E-state index in [0.29, 0.717) is 29.3 Å². The van der Waals surface area contributed by atoms with Crippen molar-refractivity contribution in [3.05, 3.63) is 101 Å². The standard InChI is InChI=1S/C28H26FN3O5S/c1-37-17-24(20-5-3-2-4-6-20)32-25(13-18-7-8-18)31-27(33)26(28(32)34)38(35,36)23-11-9-19(10-12-23)21-14-22(29)16-30-15-21/h2-6,9-12,14-16,18,24,33H,7-8,13,17H2,1H3/t24-/m0/s1. The number of hydrogen-bond acceptors (Lipinski definition) is 7. The van der Waals surface area contributed by atoms with Crippen molar-refractivity contribution in [3.8, 4) is 17.0 Å². The summed E-state index contributed by atoms with van der Waals surface area (Å²) in [6, 6.07) is 15.4. The Morgan fingerprint density at radius 2 is 1.79 bits per heavy atom. The average Bonchev–Trinajstić information content (AvgIpc) is 3.72. The van der Waals surface area contributed by atoms with Gasteiger partial charge in [0, 0.05) is 25.3 Å². The molecule has 1 atom stereocenters. The van der Waals surface area contributed by atoms with Crippen LogP contribution in [0.5, 0.6) is 5.88 Å². The monoisotopic (exact) mass is 535 g/mol. The van der Waals surface area contributed by atoms with Crippen molar-refractivity contribution in [1.82, 2.24) is 14.5 Å². The Bertz CT molecular complexity index is 1620. The topological polar surface area (TPSA) is 111 Å². The molecule has 2 heterocycles. The van der Waals surface area contributed by atoms with Gasteiger partial charge in [-0.3, -0.25) is 14.3 Å². The molecule has 0 bridgehead atoms. The number of sulfone groups is 1. The highest BCUT2D eigenvalue weighted by atomic mass is 32.2. The summed E-state index contributed by atoms with van der Waals surface area (Å²) in [5, 5.41) is 10.8. The Morgan fingerprint density at radius 1 is 1.08 bits per heavy atom. The summed E-state index contributed by atoms with van der Waals surface area (Å²) in [6.07, 6.45) is 4.92. The van der Waals surface area contributed by atoms with Crippen molar-refractivity contribution in [2.45, 2.75) is 35.1 Å². The zero-order valence-corrected chi connectivity index (χ0v) is 21.4. The molecule has 1 aliphatic carbocycles. The Morgan fingerprint density at radius 3 is 2.42 bits per heavy atom. The number of ether oxygens (including phenoxy) is 1. The molecule has 38 heavy (non-hydrogen) atoms. The van der Waals surface area contributed by atoms with E-state index >= 15 is 0 Å². The fourth-order valence-electron chi connectivity index (χ4n) is 4.50. The molecule has 0 aliphatic heterocycles. The second kappa shape index (κ2) is 10.5. The maximum absolute atomic E-state index is 13.9. The molecule has 196 valence electrons. The zero-order chi connectivity index (χ0) is 26.9. The highest BCUT2D eigenvalue weighted by Crippen LogP contribution is 2.35. The zero-order valence-electron chi connectivity index (χ0n) is 20.6. The summed E-state index contributed by atoms with van der Waals surface area (Å²) >= 11 is 0. The van der Waals surface area contributed by atoms with Gasteiger partial charge in [-0.25, -0.2) is 12.8 Å². The molecule has 0 spiro atoms. The number of aromatic hydroxyl groups is 1. The van der Waals surface area contributed by atoms with Crippen LogP contribution < -0.4 is 5.56 Å². The van der Waals surface area contributed by atoms with Crippen molar-refractivity contribution in [1.29, 1.82) is 0 Å². The van der Waals surface area contributed by atoms with Crippen LogP contribution in [0, 0.1) is 11.7 Å². The van der Waals surface area contributed by atoms with Gasteiger partial charge in [-0.1, -0.05) is 42.5 Å². The quantitative estimate of drug-likeness (QED) is 0.342.